The van der Waals surface area contributed by atoms with Crippen molar-refractivity contribution >= 4 is 28.4 Å². The molecule has 0 bridgehead atoms. The van der Waals surface area contributed by atoms with Gasteiger partial charge in [-0.25, -0.2) is 19.6 Å². The highest BCUT2D eigenvalue weighted by Gasteiger charge is 2.25. The number of para-hydroxylation sites is 1. The van der Waals surface area contributed by atoms with Gasteiger partial charge in [0.25, 0.3) is 0 Å². The SMILES string of the molecule is CC(=O)N[C@@H]1CCN(c2cc3c(NC(C)c4ccccc4-n4cccn4)nc(C)nc3cn2)C1. The zero-order chi connectivity index (χ0) is 23.7. The van der Waals surface area contributed by atoms with Crippen molar-refractivity contribution in [3.63, 3.8) is 0 Å². The van der Waals surface area contributed by atoms with Crippen molar-refractivity contribution in [3.8, 4) is 5.69 Å². The molecular weight excluding hydrogens is 428 g/mol. The monoisotopic (exact) mass is 456 g/mol. The number of anilines is 2. The van der Waals surface area contributed by atoms with Gasteiger partial charge in [-0.05, 0) is 44.0 Å². The molecular formula is C25H28N8O. The fourth-order valence-electron chi connectivity index (χ4n) is 4.55. The predicted octanol–water partition coefficient (Wildman–Crippen LogP) is 3.41. The van der Waals surface area contributed by atoms with Gasteiger partial charge in [0.05, 0.1) is 23.4 Å². The number of fused-ring (bicyclic) bond motifs is 1. The number of carbonyl (C=O) groups excluding carboxylic acids is 1. The Bertz CT molecular complexity index is 1320. The number of rotatable bonds is 6. The number of benzene rings is 1. The highest BCUT2D eigenvalue weighted by atomic mass is 16.1. The molecule has 0 radical (unpaired) electrons. The van der Waals surface area contributed by atoms with E-state index < -0.39 is 0 Å². The smallest absolute Gasteiger partial charge is 0.217 e. The Morgan fingerprint density at radius 2 is 2.06 bits per heavy atom. The average Bonchev–Trinajstić information content (AvgIpc) is 3.51. The minimum Gasteiger partial charge on any atom is -0.363 e. The number of aryl methyl sites for hydroxylation is 1. The second-order valence-corrected chi connectivity index (χ2v) is 8.69. The molecule has 1 saturated heterocycles. The summed E-state index contributed by atoms with van der Waals surface area (Å²) in [6, 6.07) is 12.3. The van der Waals surface area contributed by atoms with E-state index in [-0.39, 0.29) is 18.0 Å². The Kier molecular flexibility index (Phi) is 5.83. The van der Waals surface area contributed by atoms with E-state index in [0.29, 0.717) is 5.82 Å². The van der Waals surface area contributed by atoms with Crippen molar-refractivity contribution in [3.05, 3.63) is 66.4 Å². The molecule has 1 aromatic carbocycles. The first-order chi connectivity index (χ1) is 16.5. The van der Waals surface area contributed by atoms with Crippen LogP contribution in [0.3, 0.4) is 0 Å². The topological polar surface area (TPSA) is 101 Å². The maximum atomic E-state index is 11.4. The molecule has 2 N–H and O–H groups in total. The molecule has 9 nitrogen and oxygen atoms in total. The number of amides is 1. The summed E-state index contributed by atoms with van der Waals surface area (Å²) in [6.45, 7) is 7.14. The lowest BCUT2D eigenvalue weighted by molar-refractivity contribution is -0.119. The molecule has 2 atom stereocenters. The van der Waals surface area contributed by atoms with Gasteiger partial charge in [0.15, 0.2) is 0 Å². The summed E-state index contributed by atoms with van der Waals surface area (Å²) in [4.78, 5) is 27.6. The minimum absolute atomic E-state index is 0.00179. The van der Waals surface area contributed by atoms with Gasteiger partial charge in [-0.3, -0.25) is 4.79 Å². The third kappa shape index (κ3) is 4.41. The van der Waals surface area contributed by atoms with Crippen LogP contribution in [0.2, 0.25) is 0 Å². The van der Waals surface area contributed by atoms with Crippen molar-refractivity contribution in [1.82, 2.24) is 30.0 Å². The molecule has 1 aliphatic rings. The van der Waals surface area contributed by atoms with Crippen molar-refractivity contribution in [2.45, 2.75) is 39.3 Å². The molecule has 4 aromatic rings. The maximum absolute atomic E-state index is 11.4. The molecule has 3 aromatic heterocycles. The Morgan fingerprint density at radius 1 is 1.21 bits per heavy atom. The second kappa shape index (κ2) is 9.09. The second-order valence-electron chi connectivity index (χ2n) is 8.69. The molecule has 174 valence electrons. The van der Waals surface area contributed by atoms with Crippen LogP contribution in [0, 0.1) is 6.92 Å². The lowest BCUT2D eigenvalue weighted by Crippen LogP contribution is -2.35. The normalized spacial score (nSPS) is 16.6. The molecule has 4 heterocycles. The lowest BCUT2D eigenvalue weighted by atomic mass is 10.1. The Labute approximate surface area is 198 Å². The zero-order valence-electron chi connectivity index (χ0n) is 19.6. The lowest BCUT2D eigenvalue weighted by Gasteiger charge is -2.21. The number of hydrogen-bond acceptors (Lipinski definition) is 7. The first-order valence-corrected chi connectivity index (χ1v) is 11.5. The minimum atomic E-state index is -0.0227. The van der Waals surface area contributed by atoms with Crippen LogP contribution in [-0.4, -0.2) is 49.8 Å². The Hall–Kier alpha value is -4.01. The van der Waals surface area contributed by atoms with Crippen LogP contribution in [0.4, 0.5) is 11.6 Å². The van der Waals surface area contributed by atoms with E-state index in [1.54, 1.807) is 19.3 Å². The highest BCUT2D eigenvalue weighted by molar-refractivity contribution is 5.90. The first kappa shape index (κ1) is 21.8. The first-order valence-electron chi connectivity index (χ1n) is 11.5. The number of hydrogen-bond donors (Lipinski definition) is 2. The fourth-order valence-corrected chi connectivity index (χ4v) is 4.55. The third-order valence-electron chi connectivity index (χ3n) is 6.11. The van der Waals surface area contributed by atoms with Crippen molar-refractivity contribution in [2.24, 2.45) is 0 Å². The van der Waals surface area contributed by atoms with Crippen LogP contribution in [-0.2, 0) is 4.79 Å². The van der Waals surface area contributed by atoms with Crippen LogP contribution >= 0.6 is 0 Å². The van der Waals surface area contributed by atoms with Gasteiger partial charge in [-0.15, -0.1) is 0 Å². The summed E-state index contributed by atoms with van der Waals surface area (Å²) < 4.78 is 1.87. The summed E-state index contributed by atoms with van der Waals surface area (Å²) in [5.41, 5.74) is 2.93. The number of nitrogens with one attached hydrogen (secondary N) is 2. The summed E-state index contributed by atoms with van der Waals surface area (Å²) >= 11 is 0. The third-order valence-corrected chi connectivity index (χ3v) is 6.11. The van der Waals surface area contributed by atoms with Crippen LogP contribution < -0.4 is 15.5 Å². The fraction of sp³-hybridized carbons (Fsp3) is 0.320. The predicted molar refractivity (Wildman–Crippen MR) is 132 cm³/mol. The molecule has 5 rings (SSSR count). The van der Waals surface area contributed by atoms with Gasteiger partial charge in [0.1, 0.15) is 17.5 Å². The van der Waals surface area contributed by atoms with Crippen LogP contribution in [0.25, 0.3) is 16.6 Å². The molecule has 0 spiro atoms. The molecule has 9 heteroatoms. The van der Waals surface area contributed by atoms with Crippen molar-refractivity contribution < 1.29 is 4.79 Å². The molecule has 34 heavy (non-hydrogen) atoms. The zero-order valence-corrected chi connectivity index (χ0v) is 19.6. The van der Waals surface area contributed by atoms with E-state index in [9.17, 15) is 4.79 Å². The summed E-state index contributed by atoms with van der Waals surface area (Å²) in [5, 5.41) is 11.9. The van der Waals surface area contributed by atoms with Gasteiger partial charge in [-0.2, -0.15) is 5.10 Å². The van der Waals surface area contributed by atoms with E-state index in [1.165, 1.54) is 0 Å². The van der Waals surface area contributed by atoms with Gasteiger partial charge in [0, 0.05) is 43.8 Å². The maximum Gasteiger partial charge on any atom is 0.217 e. The van der Waals surface area contributed by atoms with Crippen molar-refractivity contribution in [1.29, 1.82) is 0 Å². The van der Waals surface area contributed by atoms with E-state index in [0.717, 1.165) is 53.3 Å². The number of aromatic nitrogens is 5. The van der Waals surface area contributed by atoms with Crippen molar-refractivity contribution in [2.75, 3.05) is 23.3 Å². The average molecular weight is 457 g/mol. The van der Waals surface area contributed by atoms with Crippen LogP contribution in [0.1, 0.15) is 37.7 Å². The quantitative estimate of drug-likeness (QED) is 0.459. The largest absolute Gasteiger partial charge is 0.363 e. The van der Waals surface area contributed by atoms with E-state index in [2.05, 4.69) is 49.7 Å². The molecule has 1 aliphatic heterocycles. The van der Waals surface area contributed by atoms with Gasteiger partial charge < -0.3 is 15.5 Å². The summed E-state index contributed by atoms with van der Waals surface area (Å²) in [7, 11) is 0. The van der Waals surface area contributed by atoms with Gasteiger partial charge >= 0.3 is 0 Å². The van der Waals surface area contributed by atoms with Gasteiger partial charge in [0.2, 0.25) is 5.91 Å². The van der Waals surface area contributed by atoms with Crippen LogP contribution in [0.15, 0.2) is 55.0 Å². The van der Waals surface area contributed by atoms with E-state index in [1.807, 2.05) is 42.1 Å². The molecule has 1 fully saturated rings. The summed E-state index contributed by atoms with van der Waals surface area (Å²) in [6.07, 6.45) is 6.42. The van der Waals surface area contributed by atoms with E-state index in [4.69, 9.17) is 4.98 Å². The Balaban J connectivity index is 1.46. The molecule has 0 saturated carbocycles. The number of pyridine rings is 1. The molecule has 1 amide bonds. The summed E-state index contributed by atoms with van der Waals surface area (Å²) in [5.74, 6) is 2.31. The Morgan fingerprint density at radius 3 is 2.85 bits per heavy atom. The van der Waals surface area contributed by atoms with Gasteiger partial charge in [-0.1, -0.05) is 18.2 Å². The highest BCUT2D eigenvalue weighted by Crippen LogP contribution is 2.30. The van der Waals surface area contributed by atoms with Crippen LogP contribution in [0.5, 0.6) is 0 Å². The number of carbonyl (C=O) groups is 1. The molecule has 1 unspecified atom stereocenters. The van der Waals surface area contributed by atoms with E-state index >= 15 is 0 Å². The standard InChI is InChI=1S/C25H28N8O/c1-16(20-7-4-5-8-23(20)33-11-6-10-27-33)28-25-21-13-24(26-14-22(21)29-17(2)30-25)32-12-9-19(15-32)31-18(3)34/h4-8,10-11,13-14,16,19H,9,12,15H2,1-3H3,(H,31,34)(H,28,29,30)/t16?,19-/m1/s1. The molecule has 0 aliphatic carbocycles. The number of nitrogens with zero attached hydrogens (tertiary/aromatic N) is 6.